The summed E-state index contributed by atoms with van der Waals surface area (Å²) >= 11 is 3.36. The molecule has 0 amide bonds. The highest BCUT2D eigenvalue weighted by Gasteiger charge is 2.23. The minimum Gasteiger partial charge on any atom is -0.271 e. The predicted molar refractivity (Wildman–Crippen MR) is 81.5 cm³/mol. The van der Waals surface area contributed by atoms with Crippen LogP contribution in [-0.4, -0.2) is 25.8 Å². The van der Waals surface area contributed by atoms with Crippen LogP contribution in [0.5, 0.6) is 0 Å². The molecule has 19 heavy (non-hydrogen) atoms. The Labute approximate surface area is 123 Å². The lowest BCUT2D eigenvalue weighted by molar-refractivity contribution is 0.427. The van der Waals surface area contributed by atoms with Crippen molar-refractivity contribution in [1.29, 1.82) is 0 Å². The van der Waals surface area contributed by atoms with E-state index < -0.39 is 10.2 Å². The topological polar surface area (TPSA) is 49.4 Å². The Balaban J connectivity index is 2.18. The molecule has 4 nitrogen and oxygen atoms in total. The molecule has 0 aromatic heterocycles. The number of nitrogens with one attached hydrogen (secondary N) is 1. The van der Waals surface area contributed by atoms with Crippen molar-refractivity contribution < 1.29 is 8.42 Å². The monoisotopic (exact) mass is 346 g/mol. The maximum Gasteiger partial charge on any atom is 0.301 e. The molecule has 1 aliphatic rings. The van der Waals surface area contributed by atoms with Crippen LogP contribution >= 0.6 is 15.9 Å². The van der Waals surface area contributed by atoms with Gasteiger partial charge in [0.1, 0.15) is 0 Å². The van der Waals surface area contributed by atoms with Gasteiger partial charge in [-0.25, -0.2) is 0 Å². The van der Waals surface area contributed by atoms with Gasteiger partial charge in [-0.3, -0.25) is 4.72 Å². The van der Waals surface area contributed by atoms with E-state index >= 15 is 0 Å². The van der Waals surface area contributed by atoms with Crippen LogP contribution in [0, 0.1) is 6.92 Å². The summed E-state index contributed by atoms with van der Waals surface area (Å²) in [5, 5.41) is 0. The Morgan fingerprint density at radius 1 is 1.16 bits per heavy atom. The Kier molecular flexibility index (Phi) is 4.86. The molecule has 2 rings (SSSR count). The van der Waals surface area contributed by atoms with Gasteiger partial charge in [-0.1, -0.05) is 34.8 Å². The van der Waals surface area contributed by atoms with Gasteiger partial charge in [-0.2, -0.15) is 12.7 Å². The van der Waals surface area contributed by atoms with Gasteiger partial charge >= 0.3 is 10.2 Å². The second-order valence-corrected chi connectivity index (χ2v) is 7.47. The maximum atomic E-state index is 12.4. The summed E-state index contributed by atoms with van der Waals surface area (Å²) in [6.45, 7) is 3.12. The van der Waals surface area contributed by atoms with Gasteiger partial charge in [-0.05, 0) is 37.5 Å². The number of benzene rings is 1. The molecule has 1 aromatic carbocycles. The standard InChI is InChI=1S/C13H19BrN2O2S/c1-11-6-7-12(14)10-13(11)15-19(17,18)16-8-4-2-3-5-9-16/h6-7,10,15H,2-5,8-9H2,1H3. The number of rotatable bonds is 3. The van der Waals surface area contributed by atoms with Crippen LogP contribution in [0.25, 0.3) is 0 Å². The average Bonchev–Trinajstić information content (AvgIpc) is 2.63. The highest BCUT2D eigenvalue weighted by molar-refractivity contribution is 9.10. The fourth-order valence-electron chi connectivity index (χ4n) is 2.19. The minimum atomic E-state index is -3.44. The number of aryl methyl sites for hydroxylation is 1. The highest BCUT2D eigenvalue weighted by atomic mass is 79.9. The van der Waals surface area contributed by atoms with E-state index in [1.807, 2.05) is 19.1 Å². The van der Waals surface area contributed by atoms with Crippen molar-refractivity contribution >= 4 is 31.8 Å². The van der Waals surface area contributed by atoms with Crippen molar-refractivity contribution in [3.05, 3.63) is 28.2 Å². The average molecular weight is 347 g/mol. The van der Waals surface area contributed by atoms with Crippen LogP contribution in [0.15, 0.2) is 22.7 Å². The fraction of sp³-hybridized carbons (Fsp3) is 0.538. The Morgan fingerprint density at radius 2 is 1.79 bits per heavy atom. The zero-order valence-electron chi connectivity index (χ0n) is 11.0. The van der Waals surface area contributed by atoms with E-state index in [2.05, 4.69) is 20.7 Å². The second kappa shape index (κ2) is 6.24. The number of hydrogen-bond donors (Lipinski definition) is 1. The number of anilines is 1. The second-order valence-electron chi connectivity index (χ2n) is 4.88. The van der Waals surface area contributed by atoms with Crippen molar-refractivity contribution in [2.75, 3.05) is 17.8 Å². The Bertz CT molecular complexity index is 538. The molecule has 1 N–H and O–H groups in total. The van der Waals surface area contributed by atoms with Crippen LogP contribution in [0.3, 0.4) is 0 Å². The van der Waals surface area contributed by atoms with Crippen LogP contribution in [0.4, 0.5) is 5.69 Å². The Morgan fingerprint density at radius 3 is 2.42 bits per heavy atom. The summed E-state index contributed by atoms with van der Waals surface area (Å²) in [5.74, 6) is 0. The highest BCUT2D eigenvalue weighted by Crippen LogP contribution is 2.23. The van der Waals surface area contributed by atoms with E-state index in [0.29, 0.717) is 18.8 Å². The first-order chi connectivity index (χ1) is 8.99. The number of halogens is 1. The summed E-state index contributed by atoms with van der Waals surface area (Å²) < 4.78 is 29.9. The van der Waals surface area contributed by atoms with Crippen molar-refractivity contribution in [2.24, 2.45) is 0 Å². The van der Waals surface area contributed by atoms with Gasteiger partial charge in [0, 0.05) is 17.6 Å². The summed E-state index contributed by atoms with van der Waals surface area (Å²) in [7, 11) is -3.44. The number of nitrogens with zero attached hydrogens (tertiary/aromatic N) is 1. The van der Waals surface area contributed by atoms with Crippen molar-refractivity contribution in [2.45, 2.75) is 32.6 Å². The van der Waals surface area contributed by atoms with E-state index in [4.69, 9.17) is 0 Å². The quantitative estimate of drug-likeness (QED) is 0.912. The Hall–Kier alpha value is -0.590. The molecule has 0 bridgehead atoms. The van der Waals surface area contributed by atoms with E-state index in [1.165, 1.54) is 0 Å². The molecule has 6 heteroatoms. The van der Waals surface area contributed by atoms with E-state index in [9.17, 15) is 8.42 Å². The molecule has 0 saturated carbocycles. The number of hydrogen-bond acceptors (Lipinski definition) is 2. The van der Waals surface area contributed by atoms with Gasteiger partial charge in [0.25, 0.3) is 0 Å². The molecule has 0 atom stereocenters. The third-order valence-electron chi connectivity index (χ3n) is 3.34. The lowest BCUT2D eigenvalue weighted by atomic mass is 10.2. The molecule has 1 fully saturated rings. The zero-order valence-corrected chi connectivity index (χ0v) is 13.4. The van der Waals surface area contributed by atoms with Crippen molar-refractivity contribution in [1.82, 2.24) is 4.31 Å². The largest absolute Gasteiger partial charge is 0.301 e. The van der Waals surface area contributed by atoms with E-state index in [1.54, 1.807) is 10.4 Å². The summed E-state index contributed by atoms with van der Waals surface area (Å²) in [4.78, 5) is 0. The zero-order chi connectivity index (χ0) is 13.9. The smallest absolute Gasteiger partial charge is 0.271 e. The van der Waals surface area contributed by atoms with E-state index in [0.717, 1.165) is 35.7 Å². The molecular formula is C13H19BrN2O2S. The lowest BCUT2D eigenvalue weighted by Crippen LogP contribution is -2.36. The van der Waals surface area contributed by atoms with Crippen molar-refractivity contribution in [3.63, 3.8) is 0 Å². The first kappa shape index (κ1) is 14.8. The first-order valence-corrected chi connectivity index (χ1v) is 8.76. The molecule has 0 spiro atoms. The van der Waals surface area contributed by atoms with E-state index in [-0.39, 0.29) is 0 Å². The molecule has 1 aliphatic heterocycles. The van der Waals surface area contributed by atoms with Crippen LogP contribution in [0.1, 0.15) is 31.2 Å². The van der Waals surface area contributed by atoms with Crippen LogP contribution < -0.4 is 4.72 Å². The van der Waals surface area contributed by atoms with Crippen molar-refractivity contribution in [3.8, 4) is 0 Å². The lowest BCUT2D eigenvalue weighted by Gasteiger charge is -2.21. The SMILES string of the molecule is Cc1ccc(Br)cc1NS(=O)(=O)N1CCCCCC1. The molecule has 106 valence electrons. The molecule has 0 aliphatic carbocycles. The fourth-order valence-corrected chi connectivity index (χ4v) is 3.92. The molecule has 1 aromatic rings. The van der Waals surface area contributed by atoms with Gasteiger partial charge in [-0.15, -0.1) is 0 Å². The molecule has 1 saturated heterocycles. The maximum absolute atomic E-state index is 12.4. The predicted octanol–water partition coefficient (Wildman–Crippen LogP) is 3.29. The molecule has 0 unspecified atom stereocenters. The minimum absolute atomic E-state index is 0.613. The van der Waals surface area contributed by atoms with Gasteiger partial charge in [0.15, 0.2) is 0 Å². The third kappa shape index (κ3) is 3.94. The third-order valence-corrected chi connectivity index (χ3v) is 5.36. The van der Waals surface area contributed by atoms with Crippen LogP contribution in [-0.2, 0) is 10.2 Å². The summed E-state index contributed by atoms with van der Waals surface area (Å²) in [6.07, 6.45) is 4.11. The molecular weight excluding hydrogens is 328 g/mol. The van der Waals surface area contributed by atoms with Gasteiger partial charge in [0.05, 0.1) is 5.69 Å². The summed E-state index contributed by atoms with van der Waals surface area (Å²) in [5.41, 5.74) is 1.56. The summed E-state index contributed by atoms with van der Waals surface area (Å²) in [6, 6.07) is 5.59. The molecule has 0 radical (unpaired) electrons. The normalized spacial score (nSPS) is 18.0. The van der Waals surface area contributed by atoms with Gasteiger partial charge < -0.3 is 0 Å². The first-order valence-electron chi connectivity index (χ1n) is 6.53. The molecule has 1 heterocycles. The van der Waals surface area contributed by atoms with Gasteiger partial charge in [0.2, 0.25) is 0 Å². The van der Waals surface area contributed by atoms with Crippen LogP contribution in [0.2, 0.25) is 0 Å².